The number of rotatable bonds is 9. The van der Waals surface area contributed by atoms with Gasteiger partial charge in [-0.1, -0.05) is 0 Å². The minimum atomic E-state index is -0.910. The molecule has 1 aromatic heterocycles. The lowest BCUT2D eigenvalue weighted by molar-refractivity contribution is -0.139. The highest BCUT2D eigenvalue weighted by atomic mass is 16.5. The van der Waals surface area contributed by atoms with Crippen molar-refractivity contribution in [1.82, 2.24) is 9.88 Å². The summed E-state index contributed by atoms with van der Waals surface area (Å²) in [6.45, 7) is 0.207. The zero-order valence-corrected chi connectivity index (χ0v) is 22.7. The van der Waals surface area contributed by atoms with Crippen LogP contribution in [0.1, 0.15) is 22.7 Å². The maximum Gasteiger partial charge on any atom is 0.295 e. The number of hydrogen-bond acceptors (Lipinski definition) is 7. The van der Waals surface area contributed by atoms with Crippen LogP contribution in [0, 0.1) is 0 Å². The number of H-pyrrole nitrogens is 1. The first-order chi connectivity index (χ1) is 19.4. The monoisotopic (exact) mass is 542 g/mol. The number of nitrogens with one attached hydrogen (secondary N) is 1. The maximum atomic E-state index is 13.5. The minimum Gasteiger partial charge on any atom is -0.507 e. The largest absolute Gasteiger partial charge is 0.507 e. The molecule has 206 valence electrons. The number of Topliss-reactive ketones (excluding diaryl/α,β-unsaturated/α-hetero) is 1. The van der Waals surface area contributed by atoms with E-state index in [1.165, 1.54) is 19.1 Å². The number of aromatic nitrogens is 1. The molecule has 1 aliphatic rings. The lowest BCUT2D eigenvalue weighted by atomic mass is 9.94. The van der Waals surface area contributed by atoms with Gasteiger partial charge in [0.15, 0.2) is 0 Å². The highest BCUT2D eigenvalue weighted by Crippen LogP contribution is 2.44. The molecule has 0 bridgehead atoms. The van der Waals surface area contributed by atoms with Gasteiger partial charge in [0, 0.05) is 34.8 Å². The van der Waals surface area contributed by atoms with Crippen molar-refractivity contribution in [2.24, 2.45) is 0 Å². The summed E-state index contributed by atoms with van der Waals surface area (Å²) in [7, 11) is 6.20. The second-order valence-corrected chi connectivity index (χ2v) is 9.30. The van der Waals surface area contributed by atoms with Crippen molar-refractivity contribution in [3.05, 3.63) is 89.1 Å². The van der Waals surface area contributed by atoms with Gasteiger partial charge >= 0.3 is 0 Å². The number of ketones is 1. The Balaban J connectivity index is 1.61. The number of hydrogen-bond donors (Lipinski definition) is 2. The molecule has 40 heavy (non-hydrogen) atoms. The number of likely N-dealkylation sites (tertiary alicyclic amines) is 1. The molecule has 1 aliphatic heterocycles. The number of aromatic amines is 1. The van der Waals surface area contributed by atoms with Crippen molar-refractivity contribution in [1.29, 1.82) is 0 Å². The van der Waals surface area contributed by atoms with E-state index in [1.807, 2.05) is 24.4 Å². The van der Waals surface area contributed by atoms with Crippen LogP contribution in [0.2, 0.25) is 0 Å². The molecule has 2 heterocycles. The van der Waals surface area contributed by atoms with Gasteiger partial charge in [-0.05, 0) is 72.6 Å². The molecule has 2 N–H and O–H groups in total. The third kappa shape index (κ3) is 4.70. The number of amides is 1. The number of aliphatic hydroxyl groups excluding tert-OH is 1. The molecule has 1 atom stereocenters. The van der Waals surface area contributed by atoms with Gasteiger partial charge in [0.05, 0.1) is 40.1 Å². The number of aliphatic hydroxyl groups is 1. The Labute approximate surface area is 231 Å². The second kappa shape index (κ2) is 11.1. The third-order valence-corrected chi connectivity index (χ3v) is 7.23. The van der Waals surface area contributed by atoms with Gasteiger partial charge in [-0.15, -0.1) is 0 Å². The highest BCUT2D eigenvalue weighted by molar-refractivity contribution is 6.46. The molecule has 0 aliphatic carbocycles. The van der Waals surface area contributed by atoms with E-state index in [0.29, 0.717) is 34.8 Å². The molecule has 9 nitrogen and oxygen atoms in total. The quantitative estimate of drug-likeness (QED) is 0.176. The molecule has 1 saturated heterocycles. The molecule has 1 amide bonds. The summed E-state index contributed by atoms with van der Waals surface area (Å²) in [5.41, 5.74) is 2.78. The predicted octanol–water partition coefficient (Wildman–Crippen LogP) is 4.87. The van der Waals surface area contributed by atoms with Gasteiger partial charge in [-0.2, -0.15) is 0 Å². The molecular weight excluding hydrogens is 512 g/mol. The first-order valence-electron chi connectivity index (χ1n) is 12.7. The maximum absolute atomic E-state index is 13.5. The number of ether oxygens (including phenoxy) is 4. The van der Waals surface area contributed by atoms with Crippen LogP contribution in [0.25, 0.3) is 16.7 Å². The molecule has 9 heteroatoms. The van der Waals surface area contributed by atoms with E-state index in [0.717, 1.165) is 22.2 Å². The van der Waals surface area contributed by atoms with E-state index in [4.69, 9.17) is 18.9 Å². The number of benzene rings is 3. The summed E-state index contributed by atoms with van der Waals surface area (Å²) >= 11 is 0. The molecule has 0 spiro atoms. The molecule has 0 saturated carbocycles. The second-order valence-electron chi connectivity index (χ2n) is 9.30. The van der Waals surface area contributed by atoms with Gasteiger partial charge in [-0.25, -0.2) is 0 Å². The van der Waals surface area contributed by atoms with Crippen LogP contribution < -0.4 is 18.9 Å². The Morgan fingerprint density at radius 2 is 1.50 bits per heavy atom. The van der Waals surface area contributed by atoms with Crippen molar-refractivity contribution in [3.8, 4) is 23.0 Å². The number of carbonyl (C=O) groups is 2. The summed E-state index contributed by atoms with van der Waals surface area (Å²) in [6.07, 6.45) is 2.34. The SMILES string of the molecule is COc1ccc(C(O)=C2C(=O)C(=O)N(CCc3c[nH]c4ccc(OC)cc34)[C@H]2c2cc(OC)ccc2OC)cc1. The van der Waals surface area contributed by atoms with Crippen molar-refractivity contribution >= 4 is 28.4 Å². The fraction of sp³-hybridized carbons (Fsp3) is 0.226. The van der Waals surface area contributed by atoms with Crippen LogP contribution >= 0.6 is 0 Å². The molecular formula is C31H30N2O7. The Morgan fingerprint density at radius 1 is 0.850 bits per heavy atom. The van der Waals surface area contributed by atoms with Gasteiger partial charge in [0.1, 0.15) is 28.8 Å². The van der Waals surface area contributed by atoms with Crippen LogP contribution in [-0.2, 0) is 16.0 Å². The van der Waals surface area contributed by atoms with Crippen molar-refractivity contribution in [3.63, 3.8) is 0 Å². The van der Waals surface area contributed by atoms with E-state index in [1.54, 1.807) is 56.7 Å². The zero-order chi connectivity index (χ0) is 28.4. The van der Waals surface area contributed by atoms with Crippen molar-refractivity contribution < 1.29 is 33.6 Å². The summed E-state index contributed by atoms with van der Waals surface area (Å²) in [4.78, 5) is 31.8. The molecule has 4 aromatic rings. The van der Waals surface area contributed by atoms with E-state index >= 15 is 0 Å². The summed E-state index contributed by atoms with van der Waals surface area (Å²) < 4.78 is 21.7. The van der Waals surface area contributed by atoms with Crippen LogP contribution in [0.15, 0.2) is 72.4 Å². The molecule has 3 aromatic carbocycles. The summed E-state index contributed by atoms with van der Waals surface area (Å²) in [6, 6.07) is 16.6. The Hall–Kier alpha value is -4.92. The first kappa shape index (κ1) is 26.7. The standard InChI is InChI=1S/C31H30N2O7/c1-37-20-7-5-18(6-8-20)29(34)27-28(24-16-22(39-3)10-12-26(24)40-4)33(31(36)30(27)35)14-13-19-17-32-25-11-9-21(38-2)15-23(19)25/h5-12,15-17,28,32,34H,13-14H2,1-4H3/t28-/m0/s1. The fourth-order valence-corrected chi connectivity index (χ4v) is 5.12. The number of fused-ring (bicyclic) bond motifs is 1. The van der Waals surface area contributed by atoms with Gasteiger partial charge in [-0.3, -0.25) is 9.59 Å². The molecule has 1 fully saturated rings. The van der Waals surface area contributed by atoms with Crippen LogP contribution in [0.5, 0.6) is 23.0 Å². The van der Waals surface area contributed by atoms with Gasteiger partial charge in [0.2, 0.25) is 0 Å². The van der Waals surface area contributed by atoms with Crippen LogP contribution in [0.3, 0.4) is 0 Å². The average Bonchev–Trinajstić information content (AvgIpc) is 3.52. The Morgan fingerprint density at radius 3 is 2.17 bits per heavy atom. The normalized spacial score (nSPS) is 16.4. The van der Waals surface area contributed by atoms with E-state index in [2.05, 4.69) is 4.98 Å². The number of carbonyl (C=O) groups excluding carboxylic acids is 2. The Kier molecular flexibility index (Phi) is 7.37. The van der Waals surface area contributed by atoms with E-state index in [9.17, 15) is 14.7 Å². The smallest absolute Gasteiger partial charge is 0.295 e. The molecule has 5 rings (SSSR count). The fourth-order valence-electron chi connectivity index (χ4n) is 5.12. The number of methoxy groups -OCH3 is 4. The van der Waals surface area contributed by atoms with Gasteiger partial charge in [0.25, 0.3) is 11.7 Å². The topological polar surface area (TPSA) is 110 Å². The lowest BCUT2D eigenvalue weighted by Crippen LogP contribution is -2.31. The zero-order valence-electron chi connectivity index (χ0n) is 22.7. The highest BCUT2D eigenvalue weighted by Gasteiger charge is 2.47. The van der Waals surface area contributed by atoms with E-state index < -0.39 is 17.7 Å². The average molecular weight is 543 g/mol. The summed E-state index contributed by atoms with van der Waals surface area (Å²) in [5.74, 6) is 0.527. The Bertz CT molecular complexity index is 1600. The minimum absolute atomic E-state index is 0.0256. The van der Waals surface area contributed by atoms with Crippen molar-refractivity contribution in [2.45, 2.75) is 12.5 Å². The first-order valence-corrected chi connectivity index (χ1v) is 12.7. The van der Waals surface area contributed by atoms with Gasteiger partial charge < -0.3 is 33.9 Å². The molecule has 0 radical (unpaired) electrons. The third-order valence-electron chi connectivity index (χ3n) is 7.23. The summed E-state index contributed by atoms with van der Waals surface area (Å²) in [5, 5.41) is 12.4. The van der Waals surface area contributed by atoms with E-state index in [-0.39, 0.29) is 17.9 Å². The van der Waals surface area contributed by atoms with Crippen LogP contribution in [-0.4, -0.2) is 61.7 Å². The predicted molar refractivity (Wildman–Crippen MR) is 150 cm³/mol. The lowest BCUT2D eigenvalue weighted by Gasteiger charge is -2.27. The van der Waals surface area contributed by atoms with Crippen LogP contribution in [0.4, 0.5) is 0 Å². The number of nitrogens with zero attached hydrogens (tertiary/aromatic N) is 1. The molecule has 0 unspecified atom stereocenters. The van der Waals surface area contributed by atoms with Crippen molar-refractivity contribution in [2.75, 3.05) is 35.0 Å².